The van der Waals surface area contributed by atoms with Crippen LogP contribution in [0, 0.1) is 5.82 Å². The number of carbonyl (C=O) groups is 1. The van der Waals surface area contributed by atoms with Gasteiger partial charge in [-0.25, -0.2) is 9.37 Å². The lowest BCUT2D eigenvalue weighted by molar-refractivity contribution is -0.121. The Balaban J connectivity index is 1.89. The number of aryl methyl sites for hydroxylation is 1. The van der Waals surface area contributed by atoms with Gasteiger partial charge in [-0.05, 0) is 35.4 Å². The molecule has 0 saturated heterocycles. The highest BCUT2D eigenvalue weighted by atomic mass is 35.5. The molecule has 0 aliphatic rings. The maximum Gasteiger partial charge on any atom is 0.225 e. The molecule has 0 radical (unpaired) electrons. The van der Waals surface area contributed by atoms with Crippen LogP contribution in [0.1, 0.15) is 23.0 Å². The minimum Gasteiger partial charge on any atom is -0.342 e. The van der Waals surface area contributed by atoms with Crippen molar-refractivity contribution in [2.75, 3.05) is 0 Å². The van der Waals surface area contributed by atoms with Gasteiger partial charge in [0.15, 0.2) is 0 Å². The first-order valence-corrected chi connectivity index (χ1v) is 8.66. The highest BCUT2D eigenvalue weighted by Crippen LogP contribution is 2.26. The van der Waals surface area contributed by atoms with Crippen LogP contribution >= 0.6 is 23.2 Å². The van der Waals surface area contributed by atoms with Crippen LogP contribution < -0.4 is 5.32 Å². The summed E-state index contributed by atoms with van der Waals surface area (Å²) in [4.78, 5) is 16.9. The number of rotatable bonds is 5. The fourth-order valence-electron chi connectivity index (χ4n) is 2.71. The van der Waals surface area contributed by atoms with Gasteiger partial charge in [0.2, 0.25) is 5.91 Å². The molecule has 26 heavy (non-hydrogen) atoms. The van der Waals surface area contributed by atoms with Gasteiger partial charge < -0.3 is 9.88 Å². The Morgan fingerprint density at radius 2 is 1.92 bits per heavy atom. The fraction of sp³-hybridized carbons (Fsp3) is 0.158. The molecule has 0 aliphatic heterocycles. The smallest absolute Gasteiger partial charge is 0.225 e. The molecule has 0 unspecified atom stereocenters. The Labute approximate surface area is 160 Å². The number of imidazole rings is 1. The number of nitrogens with one attached hydrogen (secondary N) is 1. The van der Waals surface area contributed by atoms with Gasteiger partial charge in [-0.1, -0.05) is 41.4 Å². The normalized spacial score (nSPS) is 12.0. The highest BCUT2D eigenvalue weighted by molar-refractivity contribution is 6.36. The predicted octanol–water partition coefficient (Wildman–Crippen LogP) is 4.31. The van der Waals surface area contributed by atoms with E-state index in [9.17, 15) is 9.18 Å². The molecule has 0 bridgehead atoms. The van der Waals surface area contributed by atoms with Crippen molar-refractivity contribution in [3.8, 4) is 0 Å². The molecule has 0 aliphatic carbocycles. The highest BCUT2D eigenvalue weighted by Gasteiger charge is 2.22. The zero-order chi connectivity index (χ0) is 18.7. The van der Waals surface area contributed by atoms with Crippen LogP contribution in [-0.2, 0) is 18.3 Å². The maximum absolute atomic E-state index is 13.7. The minimum absolute atomic E-state index is 0.00868. The van der Waals surface area contributed by atoms with Crippen molar-refractivity contribution in [1.29, 1.82) is 0 Å². The Morgan fingerprint density at radius 3 is 2.54 bits per heavy atom. The first kappa shape index (κ1) is 18.4. The van der Waals surface area contributed by atoms with Crippen molar-refractivity contribution in [2.24, 2.45) is 7.05 Å². The van der Waals surface area contributed by atoms with E-state index in [0.717, 1.165) is 0 Å². The van der Waals surface area contributed by atoms with Crippen molar-refractivity contribution in [1.82, 2.24) is 14.9 Å². The molecule has 0 spiro atoms. The molecule has 1 aromatic heterocycles. The van der Waals surface area contributed by atoms with Crippen LogP contribution in [0.5, 0.6) is 0 Å². The summed E-state index contributed by atoms with van der Waals surface area (Å²) in [6.45, 7) is 0. The Morgan fingerprint density at radius 1 is 1.23 bits per heavy atom. The zero-order valence-corrected chi connectivity index (χ0v) is 15.4. The van der Waals surface area contributed by atoms with Crippen molar-refractivity contribution in [2.45, 2.75) is 12.5 Å². The number of hydrogen-bond acceptors (Lipinski definition) is 2. The molecule has 4 nitrogen and oxygen atoms in total. The summed E-state index contributed by atoms with van der Waals surface area (Å²) in [6, 6.07) is 10.5. The van der Waals surface area contributed by atoms with E-state index in [1.807, 2.05) is 7.05 Å². The predicted molar refractivity (Wildman–Crippen MR) is 99.8 cm³/mol. The first-order valence-electron chi connectivity index (χ1n) is 7.90. The van der Waals surface area contributed by atoms with Crippen molar-refractivity contribution in [3.05, 3.63) is 87.7 Å². The van der Waals surface area contributed by atoms with Crippen LogP contribution in [0.2, 0.25) is 10.0 Å². The average Bonchev–Trinajstić information content (AvgIpc) is 3.02. The Kier molecular flexibility index (Phi) is 5.59. The van der Waals surface area contributed by atoms with E-state index in [4.69, 9.17) is 23.2 Å². The second-order valence-electron chi connectivity index (χ2n) is 5.83. The van der Waals surface area contributed by atoms with Gasteiger partial charge in [-0.15, -0.1) is 0 Å². The second-order valence-corrected chi connectivity index (χ2v) is 6.64. The fourth-order valence-corrected chi connectivity index (χ4v) is 3.24. The average molecular weight is 392 g/mol. The lowest BCUT2D eigenvalue weighted by atomic mass is 10.0. The van der Waals surface area contributed by atoms with Crippen molar-refractivity contribution >= 4 is 29.1 Å². The van der Waals surface area contributed by atoms with Crippen LogP contribution in [-0.4, -0.2) is 15.5 Å². The van der Waals surface area contributed by atoms with Crippen LogP contribution in [0.3, 0.4) is 0 Å². The molecular formula is C19H16Cl2FN3O. The van der Waals surface area contributed by atoms with E-state index in [-0.39, 0.29) is 18.1 Å². The standard InChI is InChI=1S/C19H16Cl2FN3O/c1-25-9-8-23-19(25)18(12-4-2-5-13(22)10-12)24-17(26)11-14-15(20)6-3-7-16(14)21/h2-10,18H,11H2,1H3,(H,24,26)/t18-/m1/s1. The van der Waals surface area contributed by atoms with Crippen molar-refractivity contribution in [3.63, 3.8) is 0 Å². The minimum atomic E-state index is -0.598. The summed E-state index contributed by atoms with van der Waals surface area (Å²) in [5, 5.41) is 3.75. The van der Waals surface area contributed by atoms with E-state index in [0.29, 0.717) is 27.0 Å². The largest absolute Gasteiger partial charge is 0.342 e. The summed E-state index contributed by atoms with van der Waals surface area (Å²) < 4.78 is 15.5. The van der Waals surface area contributed by atoms with Crippen LogP contribution in [0.4, 0.5) is 4.39 Å². The number of amides is 1. The molecule has 1 heterocycles. The molecule has 0 saturated carbocycles. The lowest BCUT2D eigenvalue weighted by Crippen LogP contribution is -2.32. The molecular weight excluding hydrogens is 376 g/mol. The van der Waals surface area contributed by atoms with E-state index >= 15 is 0 Å². The zero-order valence-electron chi connectivity index (χ0n) is 13.9. The third-order valence-corrected chi connectivity index (χ3v) is 4.71. The van der Waals surface area contributed by atoms with E-state index in [2.05, 4.69) is 10.3 Å². The van der Waals surface area contributed by atoms with E-state index in [1.54, 1.807) is 47.3 Å². The second kappa shape index (κ2) is 7.89. The van der Waals surface area contributed by atoms with Gasteiger partial charge in [0.25, 0.3) is 0 Å². The number of nitrogens with zero attached hydrogens (tertiary/aromatic N) is 2. The Bertz CT molecular complexity index is 922. The van der Waals surface area contributed by atoms with Crippen LogP contribution in [0.25, 0.3) is 0 Å². The van der Waals surface area contributed by atoms with E-state index < -0.39 is 6.04 Å². The van der Waals surface area contributed by atoms with Crippen LogP contribution in [0.15, 0.2) is 54.9 Å². The molecule has 1 atom stereocenters. The topological polar surface area (TPSA) is 46.9 Å². The summed E-state index contributed by atoms with van der Waals surface area (Å²) >= 11 is 12.3. The molecule has 1 amide bonds. The number of carbonyl (C=O) groups excluding carboxylic acids is 1. The molecule has 7 heteroatoms. The summed E-state index contributed by atoms with van der Waals surface area (Å²) in [7, 11) is 1.81. The van der Waals surface area contributed by atoms with E-state index in [1.165, 1.54) is 12.1 Å². The lowest BCUT2D eigenvalue weighted by Gasteiger charge is -2.19. The van der Waals surface area contributed by atoms with Gasteiger partial charge in [0, 0.05) is 29.5 Å². The number of halogens is 3. The summed E-state index contributed by atoms with van der Waals surface area (Å²) in [5.41, 5.74) is 1.14. The summed E-state index contributed by atoms with van der Waals surface area (Å²) in [6.07, 6.45) is 3.40. The van der Waals surface area contributed by atoms with Gasteiger partial charge in [0.05, 0.1) is 6.42 Å². The number of aromatic nitrogens is 2. The third kappa shape index (κ3) is 4.06. The number of benzene rings is 2. The number of hydrogen-bond donors (Lipinski definition) is 1. The maximum atomic E-state index is 13.7. The van der Waals surface area contributed by atoms with Gasteiger partial charge >= 0.3 is 0 Å². The van der Waals surface area contributed by atoms with Gasteiger partial charge in [0.1, 0.15) is 17.7 Å². The monoisotopic (exact) mass is 391 g/mol. The van der Waals surface area contributed by atoms with Gasteiger partial charge in [-0.3, -0.25) is 4.79 Å². The third-order valence-electron chi connectivity index (χ3n) is 4.00. The molecule has 0 fully saturated rings. The molecule has 2 aromatic carbocycles. The van der Waals surface area contributed by atoms with Crippen molar-refractivity contribution < 1.29 is 9.18 Å². The molecule has 3 aromatic rings. The Hall–Kier alpha value is -2.37. The molecule has 134 valence electrons. The first-order chi connectivity index (χ1) is 12.5. The molecule has 3 rings (SSSR count). The van der Waals surface area contributed by atoms with Gasteiger partial charge in [-0.2, -0.15) is 0 Å². The summed E-state index contributed by atoms with van der Waals surface area (Å²) in [5.74, 6) is -0.0865. The quantitative estimate of drug-likeness (QED) is 0.703. The SMILES string of the molecule is Cn1ccnc1[C@H](NC(=O)Cc1c(Cl)cccc1Cl)c1cccc(F)c1. The molecule has 1 N–H and O–H groups in total.